The topological polar surface area (TPSA) is 82.9 Å². The summed E-state index contributed by atoms with van der Waals surface area (Å²) < 4.78 is 13.8. The molecule has 1 aliphatic carbocycles. The van der Waals surface area contributed by atoms with Gasteiger partial charge in [0, 0.05) is 41.5 Å². The van der Waals surface area contributed by atoms with E-state index >= 15 is 0 Å². The quantitative estimate of drug-likeness (QED) is 0.162. The summed E-state index contributed by atoms with van der Waals surface area (Å²) in [5, 5.41) is 0. The Morgan fingerprint density at radius 1 is 0.339 bits per heavy atom. The molecule has 2 aliphatic rings. The molecule has 8 aromatic rings. The van der Waals surface area contributed by atoms with Crippen LogP contribution in [-0.2, 0) is 0 Å². The van der Waals surface area contributed by atoms with Crippen molar-refractivity contribution in [1.29, 1.82) is 0 Å². The van der Waals surface area contributed by atoms with Crippen LogP contribution >= 0.6 is 0 Å². The molecule has 0 radical (unpaired) electrons. The van der Waals surface area contributed by atoms with Gasteiger partial charge in [0.2, 0.25) is 0 Å². The summed E-state index contributed by atoms with van der Waals surface area (Å²) in [5.74, 6) is 2.83. The minimum absolute atomic E-state index is 0.304. The van der Waals surface area contributed by atoms with E-state index in [9.17, 15) is 0 Å². The number of nitrogens with zero attached hydrogens (tertiary/aromatic N) is 5. The predicted octanol–water partition coefficient (Wildman–Crippen LogP) is 11.0. The Labute approximate surface area is 324 Å². The van der Waals surface area contributed by atoms with Gasteiger partial charge < -0.3 is 9.47 Å². The van der Waals surface area contributed by atoms with E-state index in [0.29, 0.717) is 34.5 Å². The Morgan fingerprint density at radius 3 is 1.32 bits per heavy atom. The van der Waals surface area contributed by atoms with Gasteiger partial charge >= 0.3 is 0 Å². The number of aromatic nitrogens is 5. The summed E-state index contributed by atoms with van der Waals surface area (Å²) >= 11 is 0. The van der Waals surface area contributed by atoms with Crippen molar-refractivity contribution in [1.82, 2.24) is 24.9 Å². The maximum atomic E-state index is 6.91. The van der Waals surface area contributed by atoms with Crippen LogP contribution in [-0.4, -0.2) is 37.1 Å². The van der Waals surface area contributed by atoms with E-state index < -0.39 is 0 Å². The summed E-state index contributed by atoms with van der Waals surface area (Å²) in [7, 11) is 0. The van der Waals surface area contributed by atoms with Gasteiger partial charge in [-0.05, 0) is 106 Å². The third kappa shape index (κ3) is 6.41. The number of rotatable bonds is 7. The van der Waals surface area contributed by atoms with Crippen LogP contribution in [0, 0.1) is 0 Å². The van der Waals surface area contributed by atoms with Crippen LogP contribution in [0.2, 0.25) is 0 Å². The van der Waals surface area contributed by atoms with Gasteiger partial charge in [-0.3, -0.25) is 9.97 Å². The highest BCUT2D eigenvalue weighted by Gasteiger charge is 2.34. The van der Waals surface area contributed by atoms with Gasteiger partial charge in [0.25, 0.3) is 0 Å². The lowest BCUT2D eigenvalue weighted by atomic mass is 9.92. The van der Waals surface area contributed by atoms with E-state index in [1.807, 2.05) is 128 Å². The standard InChI is InChI=1S/C49H33N5O2/c1-3-9-32(10-4-1)33-15-17-37(18-16-33)48-52-47(36-11-5-2-6-12-36)53-49(54-48)42-20-19-41(45-46(42)56-44-14-8-7-13-43(44)55-45)40-30-38(34-21-25-50-26-22-34)29-39(31-40)35-23-27-51-28-24-35/h1-31,43-44H. The molecule has 10 rings (SSSR count). The van der Waals surface area contributed by atoms with E-state index in [0.717, 1.165) is 55.6 Å². The number of pyridine rings is 2. The van der Waals surface area contributed by atoms with Gasteiger partial charge in [0.05, 0.1) is 5.56 Å². The van der Waals surface area contributed by atoms with Crippen LogP contribution in [0.5, 0.6) is 11.5 Å². The lowest BCUT2D eigenvalue weighted by Crippen LogP contribution is -2.38. The monoisotopic (exact) mass is 723 g/mol. The van der Waals surface area contributed by atoms with Crippen molar-refractivity contribution < 1.29 is 9.47 Å². The van der Waals surface area contributed by atoms with Gasteiger partial charge in [0.15, 0.2) is 41.2 Å². The van der Waals surface area contributed by atoms with E-state index in [1.165, 1.54) is 0 Å². The predicted molar refractivity (Wildman–Crippen MR) is 221 cm³/mol. The molecule has 3 aromatic heterocycles. The SMILES string of the molecule is C1=CC2Oc3c(-c4cc(-c5ccncc5)cc(-c5ccncc5)c4)ccc(-c4nc(-c5ccccc5)nc(-c5ccc(-c6ccccc6)cc5)n4)c3OC2C=C1. The molecule has 0 N–H and O–H groups in total. The zero-order chi connectivity index (χ0) is 37.3. The minimum Gasteiger partial charge on any atom is -0.478 e. The smallest absolute Gasteiger partial charge is 0.174 e. The van der Waals surface area contributed by atoms with Crippen molar-refractivity contribution in [3.05, 3.63) is 189 Å². The Hall–Kier alpha value is -7.51. The molecule has 0 saturated heterocycles. The lowest BCUT2D eigenvalue weighted by Gasteiger charge is -2.34. The fourth-order valence-corrected chi connectivity index (χ4v) is 7.24. The van der Waals surface area contributed by atoms with E-state index in [2.05, 4.69) is 70.6 Å². The van der Waals surface area contributed by atoms with Crippen LogP contribution < -0.4 is 9.47 Å². The van der Waals surface area contributed by atoms with E-state index in [4.69, 9.17) is 24.4 Å². The van der Waals surface area contributed by atoms with Crippen molar-refractivity contribution in [2.75, 3.05) is 0 Å². The first-order valence-corrected chi connectivity index (χ1v) is 18.5. The normalized spacial score (nSPS) is 15.3. The van der Waals surface area contributed by atoms with Gasteiger partial charge in [-0.25, -0.2) is 15.0 Å². The number of benzene rings is 5. The van der Waals surface area contributed by atoms with Gasteiger partial charge in [-0.15, -0.1) is 0 Å². The Bertz CT molecular complexity index is 2680. The number of allylic oxidation sites excluding steroid dienone is 2. The summed E-state index contributed by atoms with van der Waals surface area (Å²) in [5.41, 5.74) is 10.8. The fourth-order valence-electron chi connectivity index (χ4n) is 7.24. The second kappa shape index (κ2) is 14.4. The zero-order valence-corrected chi connectivity index (χ0v) is 30.1. The van der Waals surface area contributed by atoms with Gasteiger partial charge in [-0.1, -0.05) is 97.1 Å². The molecule has 2 atom stereocenters. The van der Waals surface area contributed by atoms with Crippen LogP contribution in [0.4, 0.5) is 0 Å². The number of hydrogen-bond acceptors (Lipinski definition) is 7. The maximum absolute atomic E-state index is 6.91. The van der Waals surface area contributed by atoms with Crippen molar-refractivity contribution >= 4 is 0 Å². The molecule has 4 heterocycles. The summed E-state index contributed by atoms with van der Waals surface area (Å²) in [4.78, 5) is 23.7. The lowest BCUT2D eigenvalue weighted by molar-refractivity contribution is 0.0769. The molecule has 0 fully saturated rings. The van der Waals surface area contributed by atoms with Gasteiger partial charge in [-0.2, -0.15) is 0 Å². The largest absolute Gasteiger partial charge is 0.478 e. The first-order valence-electron chi connectivity index (χ1n) is 18.5. The molecule has 0 bridgehead atoms. The molecule has 7 heteroatoms. The molecule has 1 aliphatic heterocycles. The molecule has 0 spiro atoms. The summed E-state index contributed by atoms with van der Waals surface area (Å²) in [6, 6.07) is 47.5. The van der Waals surface area contributed by atoms with Gasteiger partial charge in [0.1, 0.15) is 0 Å². The molecule has 56 heavy (non-hydrogen) atoms. The molecule has 266 valence electrons. The summed E-state index contributed by atoms with van der Waals surface area (Å²) in [6.07, 6.45) is 14.7. The first kappa shape index (κ1) is 33.1. The molecular weight excluding hydrogens is 691 g/mol. The van der Waals surface area contributed by atoms with E-state index in [1.54, 1.807) is 0 Å². The van der Waals surface area contributed by atoms with Crippen molar-refractivity contribution in [3.8, 4) is 90.2 Å². The Kier molecular flexibility index (Phi) is 8.50. The van der Waals surface area contributed by atoms with E-state index in [-0.39, 0.29) is 12.2 Å². The van der Waals surface area contributed by atoms with Crippen LogP contribution in [0.1, 0.15) is 0 Å². The number of fused-ring (bicyclic) bond motifs is 2. The number of ether oxygens (including phenoxy) is 2. The Morgan fingerprint density at radius 2 is 0.750 bits per heavy atom. The first-order chi connectivity index (χ1) is 27.7. The maximum Gasteiger partial charge on any atom is 0.174 e. The summed E-state index contributed by atoms with van der Waals surface area (Å²) in [6.45, 7) is 0. The van der Waals surface area contributed by atoms with Crippen LogP contribution in [0.25, 0.3) is 78.7 Å². The Balaban J connectivity index is 1.15. The second-order valence-electron chi connectivity index (χ2n) is 13.6. The third-order valence-corrected chi connectivity index (χ3v) is 10.1. The molecule has 5 aromatic carbocycles. The molecule has 7 nitrogen and oxygen atoms in total. The van der Waals surface area contributed by atoms with Crippen molar-refractivity contribution in [2.24, 2.45) is 0 Å². The molecule has 0 amide bonds. The highest BCUT2D eigenvalue weighted by molar-refractivity contribution is 5.87. The van der Waals surface area contributed by atoms with Crippen LogP contribution in [0.15, 0.2) is 189 Å². The zero-order valence-electron chi connectivity index (χ0n) is 30.1. The average Bonchev–Trinajstić information content (AvgIpc) is 3.29. The average molecular weight is 724 g/mol. The van der Waals surface area contributed by atoms with Crippen molar-refractivity contribution in [3.63, 3.8) is 0 Å². The highest BCUT2D eigenvalue weighted by Crippen LogP contribution is 2.49. The highest BCUT2D eigenvalue weighted by atomic mass is 16.6. The minimum atomic E-state index is -0.322. The molecule has 2 unspecified atom stereocenters. The third-order valence-electron chi connectivity index (χ3n) is 10.1. The molecular formula is C49H33N5O2. The van der Waals surface area contributed by atoms with Crippen molar-refractivity contribution in [2.45, 2.75) is 12.2 Å². The fraction of sp³-hybridized carbons (Fsp3) is 0.0408. The molecule has 0 saturated carbocycles. The second-order valence-corrected chi connectivity index (χ2v) is 13.6. The number of hydrogen-bond donors (Lipinski definition) is 0. The van der Waals surface area contributed by atoms with Crippen LogP contribution in [0.3, 0.4) is 0 Å².